The smallest absolute Gasteiger partial charge is 0.418 e. The molecule has 1 atom stereocenters. The predicted octanol–water partition coefficient (Wildman–Crippen LogP) is 6.46. The van der Waals surface area contributed by atoms with Crippen LogP contribution < -0.4 is 0 Å². The molecular weight excluding hydrogens is 574 g/mol. The zero-order chi connectivity index (χ0) is 27.3. The number of thioether (sulfide) groups is 1. The summed E-state index contributed by atoms with van der Waals surface area (Å²) >= 11 is 4.08. The van der Waals surface area contributed by atoms with Crippen molar-refractivity contribution in [2.45, 2.75) is 57.6 Å². The third-order valence-electron chi connectivity index (χ3n) is 4.91. The predicted molar refractivity (Wildman–Crippen MR) is 144 cm³/mol. The fourth-order valence-electron chi connectivity index (χ4n) is 3.03. The lowest BCUT2D eigenvalue weighted by atomic mass is 9.90. The van der Waals surface area contributed by atoms with E-state index in [1.165, 1.54) is 31.4 Å². The molecule has 0 bridgehead atoms. The van der Waals surface area contributed by atoms with Crippen LogP contribution in [-0.2, 0) is 24.5 Å². The first-order valence-electron chi connectivity index (χ1n) is 11.3. The van der Waals surface area contributed by atoms with Crippen molar-refractivity contribution >= 4 is 53.0 Å². The van der Waals surface area contributed by atoms with Crippen LogP contribution in [0.15, 0.2) is 38.6 Å². The normalized spacial score (nSPS) is 18.3. The lowest BCUT2D eigenvalue weighted by molar-refractivity contribution is -0.135. The molecule has 2 rings (SSSR count). The van der Waals surface area contributed by atoms with Crippen molar-refractivity contribution in [1.29, 1.82) is 0 Å². The Morgan fingerprint density at radius 1 is 1.25 bits per heavy atom. The molecule has 0 saturated heterocycles. The standard InChI is InChI=1S/C24H33BrF2N2O5SSi/c1-23(2,3)34-22(31)29(15-33-10-11-36(5,6)7)21-28-24(14-26,13-19(35-21)20(30)32-4)17-12-16(25)8-9-18(17)27/h8-9,12-13H,10-11,14-15H2,1-7H3. The molecule has 1 amide bonds. The summed E-state index contributed by atoms with van der Waals surface area (Å²) in [6, 6.07) is 4.88. The van der Waals surface area contributed by atoms with Crippen molar-refractivity contribution in [3.63, 3.8) is 0 Å². The summed E-state index contributed by atoms with van der Waals surface area (Å²) in [6.45, 7) is 10.7. The Kier molecular flexibility index (Phi) is 10.3. The number of carbonyl (C=O) groups is 2. The Morgan fingerprint density at radius 2 is 1.92 bits per heavy atom. The minimum absolute atomic E-state index is 0.0461. The van der Waals surface area contributed by atoms with Crippen LogP contribution in [0.2, 0.25) is 25.7 Å². The van der Waals surface area contributed by atoms with Gasteiger partial charge in [-0.05, 0) is 62.9 Å². The van der Waals surface area contributed by atoms with Gasteiger partial charge in [-0.2, -0.15) is 0 Å². The number of alkyl halides is 1. The van der Waals surface area contributed by atoms with Crippen molar-refractivity contribution in [3.05, 3.63) is 45.0 Å². The molecule has 0 fully saturated rings. The number of benzene rings is 1. The molecule has 200 valence electrons. The second-order valence-corrected chi connectivity index (χ2v) is 18.0. The van der Waals surface area contributed by atoms with Crippen LogP contribution in [0.4, 0.5) is 13.6 Å². The number of methoxy groups -OCH3 is 1. The van der Waals surface area contributed by atoms with Gasteiger partial charge in [0.2, 0.25) is 0 Å². The van der Waals surface area contributed by atoms with Gasteiger partial charge in [0.1, 0.15) is 30.4 Å². The van der Waals surface area contributed by atoms with Gasteiger partial charge in [0.15, 0.2) is 5.17 Å². The van der Waals surface area contributed by atoms with E-state index in [1.807, 2.05) is 0 Å². The van der Waals surface area contributed by atoms with E-state index in [0.29, 0.717) is 11.1 Å². The van der Waals surface area contributed by atoms with Crippen LogP contribution in [0.25, 0.3) is 0 Å². The molecule has 0 saturated carbocycles. The number of esters is 1. The number of hydrogen-bond donors (Lipinski definition) is 0. The van der Waals surface area contributed by atoms with Crippen molar-refractivity contribution in [2.75, 3.05) is 27.1 Å². The zero-order valence-corrected chi connectivity index (χ0v) is 25.0. The second kappa shape index (κ2) is 12.2. The van der Waals surface area contributed by atoms with E-state index < -0.39 is 43.8 Å². The Morgan fingerprint density at radius 3 is 2.47 bits per heavy atom. The molecule has 0 aromatic heterocycles. The number of ether oxygens (including phenoxy) is 3. The van der Waals surface area contributed by atoms with Gasteiger partial charge in [-0.25, -0.2) is 28.3 Å². The van der Waals surface area contributed by atoms with Gasteiger partial charge in [-0.3, -0.25) is 0 Å². The van der Waals surface area contributed by atoms with Crippen molar-refractivity contribution in [1.82, 2.24) is 4.90 Å². The summed E-state index contributed by atoms with van der Waals surface area (Å²) in [6.07, 6.45) is 0.423. The average molecular weight is 608 g/mol. The highest BCUT2D eigenvalue weighted by Gasteiger charge is 2.41. The van der Waals surface area contributed by atoms with Gasteiger partial charge in [0.25, 0.3) is 0 Å². The summed E-state index contributed by atoms with van der Waals surface area (Å²) in [5.74, 6) is -1.49. The molecule has 7 nitrogen and oxygen atoms in total. The van der Waals surface area contributed by atoms with E-state index in [0.717, 1.165) is 22.7 Å². The van der Waals surface area contributed by atoms with Gasteiger partial charge < -0.3 is 14.2 Å². The molecule has 0 N–H and O–H groups in total. The molecule has 1 aromatic carbocycles. The van der Waals surface area contributed by atoms with Crippen LogP contribution in [0.3, 0.4) is 0 Å². The highest BCUT2D eigenvalue weighted by molar-refractivity contribution is 9.10. The first-order valence-corrected chi connectivity index (χ1v) is 16.6. The van der Waals surface area contributed by atoms with Gasteiger partial charge in [-0.15, -0.1) is 0 Å². The molecule has 0 radical (unpaired) electrons. The van der Waals surface area contributed by atoms with Crippen molar-refractivity contribution < 1.29 is 32.6 Å². The van der Waals surface area contributed by atoms with Gasteiger partial charge >= 0.3 is 12.1 Å². The van der Waals surface area contributed by atoms with Crippen LogP contribution in [-0.4, -0.2) is 62.9 Å². The monoisotopic (exact) mass is 606 g/mol. The van der Waals surface area contributed by atoms with Crippen LogP contribution in [0, 0.1) is 5.82 Å². The van der Waals surface area contributed by atoms with E-state index in [1.54, 1.807) is 20.8 Å². The largest absolute Gasteiger partial charge is 0.465 e. The summed E-state index contributed by atoms with van der Waals surface area (Å²) < 4.78 is 46.4. The molecule has 1 unspecified atom stereocenters. The highest BCUT2D eigenvalue weighted by Crippen LogP contribution is 2.41. The number of amides is 1. The molecule has 1 heterocycles. The van der Waals surface area contributed by atoms with Crippen LogP contribution >= 0.6 is 27.7 Å². The molecule has 12 heteroatoms. The number of halogens is 3. The van der Waals surface area contributed by atoms with Gasteiger partial charge in [0.05, 0.1) is 12.0 Å². The van der Waals surface area contributed by atoms with Crippen LogP contribution in [0.5, 0.6) is 0 Å². The van der Waals surface area contributed by atoms with Gasteiger partial charge in [0, 0.05) is 24.7 Å². The lowest BCUT2D eigenvalue weighted by Crippen LogP contribution is -2.44. The maximum Gasteiger partial charge on any atom is 0.418 e. The fourth-order valence-corrected chi connectivity index (χ4v) is 5.21. The van der Waals surface area contributed by atoms with Crippen LogP contribution in [0.1, 0.15) is 26.3 Å². The number of aliphatic imine (C=N–C) groups is 1. The van der Waals surface area contributed by atoms with Gasteiger partial charge in [-0.1, -0.05) is 35.6 Å². The maximum atomic E-state index is 14.9. The molecule has 36 heavy (non-hydrogen) atoms. The van der Waals surface area contributed by atoms with E-state index in [2.05, 4.69) is 40.6 Å². The summed E-state index contributed by atoms with van der Waals surface area (Å²) in [5, 5.41) is -0.0721. The third-order valence-corrected chi connectivity index (χ3v) is 8.11. The molecule has 0 spiro atoms. The minimum Gasteiger partial charge on any atom is -0.465 e. The first kappa shape index (κ1) is 30.5. The van der Waals surface area contributed by atoms with Crippen molar-refractivity contribution in [2.24, 2.45) is 4.99 Å². The Bertz CT molecular complexity index is 1040. The second-order valence-electron chi connectivity index (χ2n) is 10.4. The van der Waals surface area contributed by atoms with Crippen molar-refractivity contribution in [3.8, 4) is 0 Å². The molecule has 1 aromatic rings. The topological polar surface area (TPSA) is 77.4 Å². The first-order chi connectivity index (χ1) is 16.6. The highest BCUT2D eigenvalue weighted by atomic mass is 79.9. The maximum absolute atomic E-state index is 14.9. The van der Waals surface area contributed by atoms with E-state index >= 15 is 0 Å². The Labute approximate surface area is 224 Å². The molecule has 0 aliphatic carbocycles. The number of amidine groups is 1. The number of carbonyl (C=O) groups excluding carboxylic acids is 2. The Hall–Kier alpha value is -1.76. The average Bonchev–Trinajstić information content (AvgIpc) is 2.77. The fraction of sp³-hybridized carbons (Fsp3) is 0.542. The third kappa shape index (κ3) is 8.39. The molecule has 1 aliphatic rings. The van der Waals surface area contributed by atoms with E-state index in [4.69, 9.17) is 14.2 Å². The molecule has 1 aliphatic heterocycles. The number of nitrogens with zero attached hydrogens (tertiary/aromatic N) is 2. The quantitative estimate of drug-likeness (QED) is 0.146. The summed E-state index contributed by atoms with van der Waals surface area (Å²) in [7, 11) is -0.233. The minimum atomic E-state index is -1.92. The zero-order valence-electron chi connectivity index (χ0n) is 21.6. The number of hydrogen-bond acceptors (Lipinski definition) is 7. The number of rotatable bonds is 8. The lowest BCUT2D eigenvalue weighted by Gasteiger charge is -2.34. The van der Waals surface area contributed by atoms with E-state index in [9.17, 15) is 18.4 Å². The Balaban J connectivity index is 2.59. The SMILES string of the molecule is COC(=O)C1=CC(CF)(c2cc(Br)ccc2F)N=C(N(COCC[Si](C)(C)C)C(=O)OC(C)(C)C)S1. The summed E-state index contributed by atoms with van der Waals surface area (Å²) in [5.41, 5.74) is -2.87. The van der Waals surface area contributed by atoms with E-state index in [-0.39, 0.29) is 22.4 Å². The molecular formula is C24H33BrF2N2O5SSi. The summed E-state index contributed by atoms with van der Waals surface area (Å²) in [4.78, 5) is 31.2.